The van der Waals surface area contributed by atoms with Crippen molar-refractivity contribution < 1.29 is 22.8 Å². The molecule has 1 aliphatic heterocycles. The molecule has 0 bridgehead atoms. The molecule has 1 saturated heterocycles. The Morgan fingerprint density at radius 2 is 1.82 bits per heavy atom. The Kier molecular flexibility index (Phi) is 5.48. The first-order valence-corrected chi connectivity index (χ1v) is 10.6. The molecule has 1 aromatic rings. The van der Waals surface area contributed by atoms with Gasteiger partial charge in [0.25, 0.3) is 5.91 Å². The first kappa shape index (κ1) is 20.3. The molecule has 0 spiro atoms. The van der Waals surface area contributed by atoms with Crippen molar-refractivity contribution in [3.63, 3.8) is 0 Å². The lowest BCUT2D eigenvalue weighted by molar-refractivity contribution is -0.134. The molecule has 10 nitrogen and oxygen atoms in total. The summed E-state index contributed by atoms with van der Waals surface area (Å²) in [7, 11) is -2.24. The van der Waals surface area contributed by atoms with Crippen LogP contribution in [0.25, 0.3) is 0 Å². The lowest BCUT2D eigenvalue weighted by atomic mass is 10.3. The number of nitrogens with two attached hydrogens (primary N) is 1. The fraction of sp³-hybridized carbons (Fsp3) is 0.588. The maximum Gasteiger partial charge on any atom is 0.265 e. The molecule has 0 unspecified atom stereocenters. The van der Waals surface area contributed by atoms with Gasteiger partial charge in [0.15, 0.2) is 0 Å². The molecule has 0 radical (unpaired) electrons. The number of rotatable bonds is 6. The molecule has 3 N–H and O–H groups in total. The molecular weight excluding hydrogens is 386 g/mol. The van der Waals surface area contributed by atoms with E-state index in [9.17, 15) is 22.8 Å². The van der Waals surface area contributed by atoms with E-state index in [1.165, 1.54) is 21.1 Å². The first-order valence-electron chi connectivity index (χ1n) is 9.13. The summed E-state index contributed by atoms with van der Waals surface area (Å²) in [5.74, 6) is -0.657. The summed E-state index contributed by atoms with van der Waals surface area (Å²) in [6, 6.07) is 1.25. The lowest BCUT2D eigenvalue weighted by Crippen LogP contribution is -2.52. The maximum absolute atomic E-state index is 12.8. The predicted octanol–water partition coefficient (Wildman–Crippen LogP) is -1.27. The fourth-order valence-electron chi connectivity index (χ4n) is 3.34. The number of primary amides is 1. The number of sulfonamides is 1. The van der Waals surface area contributed by atoms with Crippen molar-refractivity contribution in [1.82, 2.24) is 19.1 Å². The molecule has 0 aromatic carbocycles. The van der Waals surface area contributed by atoms with E-state index in [0.29, 0.717) is 5.92 Å². The van der Waals surface area contributed by atoms with E-state index in [-0.39, 0.29) is 61.0 Å². The molecule has 2 atom stereocenters. The van der Waals surface area contributed by atoms with Crippen LogP contribution >= 0.6 is 0 Å². The van der Waals surface area contributed by atoms with Crippen LogP contribution in [0.1, 0.15) is 23.8 Å². The van der Waals surface area contributed by atoms with Gasteiger partial charge in [-0.1, -0.05) is 6.92 Å². The highest BCUT2D eigenvalue weighted by molar-refractivity contribution is 7.89. The number of aryl methyl sites for hydroxylation is 1. The average Bonchev–Trinajstić information content (AvgIpc) is 3.24. The second kappa shape index (κ2) is 7.55. The van der Waals surface area contributed by atoms with Crippen LogP contribution in [0.5, 0.6) is 0 Å². The number of hydrogen-bond donors (Lipinski definition) is 2. The Labute approximate surface area is 163 Å². The van der Waals surface area contributed by atoms with E-state index in [2.05, 4.69) is 5.32 Å². The Hall–Kier alpha value is -2.40. The second-order valence-electron chi connectivity index (χ2n) is 7.36. The monoisotopic (exact) mass is 411 g/mol. The zero-order chi connectivity index (χ0) is 20.6. The quantitative estimate of drug-likeness (QED) is 0.602. The summed E-state index contributed by atoms with van der Waals surface area (Å²) in [6.07, 6.45) is 2.20. The SMILES string of the molecule is C[C@H]1C[C@@H]1C(=O)NCC(=O)N1CCN(S(=O)(=O)c2cc(C(N)=O)n(C)c2)CC1. The number of nitrogens with one attached hydrogen (secondary N) is 1. The zero-order valence-corrected chi connectivity index (χ0v) is 16.7. The maximum atomic E-state index is 12.8. The molecule has 154 valence electrons. The normalized spacial score (nSPS) is 22.7. The summed E-state index contributed by atoms with van der Waals surface area (Å²) in [5.41, 5.74) is 5.34. The third kappa shape index (κ3) is 4.04. The number of hydrogen-bond acceptors (Lipinski definition) is 5. The van der Waals surface area contributed by atoms with Gasteiger partial charge < -0.3 is 20.5 Å². The van der Waals surface area contributed by atoms with E-state index in [0.717, 1.165) is 6.42 Å². The van der Waals surface area contributed by atoms with Gasteiger partial charge in [0.1, 0.15) is 10.6 Å². The van der Waals surface area contributed by atoms with Crippen molar-refractivity contribution in [3.05, 3.63) is 18.0 Å². The van der Waals surface area contributed by atoms with Crippen LogP contribution in [-0.4, -0.2) is 72.6 Å². The van der Waals surface area contributed by atoms with Gasteiger partial charge in [-0.2, -0.15) is 4.31 Å². The molecule has 1 aromatic heterocycles. The van der Waals surface area contributed by atoms with Gasteiger partial charge in [-0.05, 0) is 18.4 Å². The molecule has 2 heterocycles. The number of amides is 3. The van der Waals surface area contributed by atoms with Crippen LogP contribution in [0.4, 0.5) is 0 Å². The van der Waals surface area contributed by atoms with Crippen molar-refractivity contribution in [3.8, 4) is 0 Å². The number of nitrogens with zero attached hydrogens (tertiary/aromatic N) is 3. The molecule has 28 heavy (non-hydrogen) atoms. The first-order chi connectivity index (χ1) is 13.1. The minimum absolute atomic E-state index is 0.00519. The fourth-order valence-corrected chi connectivity index (χ4v) is 4.83. The van der Waals surface area contributed by atoms with E-state index in [4.69, 9.17) is 5.73 Å². The number of carbonyl (C=O) groups is 3. The third-order valence-corrected chi connectivity index (χ3v) is 7.19. The van der Waals surface area contributed by atoms with Gasteiger partial charge in [0.2, 0.25) is 21.8 Å². The van der Waals surface area contributed by atoms with E-state index >= 15 is 0 Å². The van der Waals surface area contributed by atoms with Crippen LogP contribution < -0.4 is 11.1 Å². The van der Waals surface area contributed by atoms with Gasteiger partial charge in [-0.15, -0.1) is 0 Å². The molecule has 3 rings (SSSR count). The van der Waals surface area contributed by atoms with Crippen LogP contribution in [0.3, 0.4) is 0 Å². The van der Waals surface area contributed by atoms with E-state index < -0.39 is 15.9 Å². The van der Waals surface area contributed by atoms with Crippen molar-refractivity contribution >= 4 is 27.7 Å². The molecular formula is C17H25N5O5S. The largest absolute Gasteiger partial charge is 0.364 e. The number of carbonyl (C=O) groups excluding carboxylic acids is 3. The zero-order valence-electron chi connectivity index (χ0n) is 15.9. The highest BCUT2D eigenvalue weighted by atomic mass is 32.2. The minimum Gasteiger partial charge on any atom is -0.364 e. The topological polar surface area (TPSA) is 135 Å². The van der Waals surface area contributed by atoms with E-state index in [1.807, 2.05) is 6.92 Å². The van der Waals surface area contributed by atoms with Gasteiger partial charge in [-0.25, -0.2) is 8.42 Å². The van der Waals surface area contributed by atoms with Crippen molar-refractivity contribution in [2.24, 2.45) is 24.6 Å². The molecule has 11 heteroatoms. The predicted molar refractivity (Wildman–Crippen MR) is 99.6 cm³/mol. The second-order valence-corrected chi connectivity index (χ2v) is 9.30. The Balaban J connectivity index is 1.55. The molecule has 1 saturated carbocycles. The van der Waals surface area contributed by atoms with Crippen LogP contribution in [0, 0.1) is 11.8 Å². The Morgan fingerprint density at radius 3 is 2.32 bits per heavy atom. The van der Waals surface area contributed by atoms with Gasteiger partial charge in [-0.3, -0.25) is 14.4 Å². The minimum atomic E-state index is -3.78. The van der Waals surface area contributed by atoms with E-state index in [1.54, 1.807) is 11.9 Å². The third-order valence-electron chi connectivity index (χ3n) is 5.32. The van der Waals surface area contributed by atoms with Crippen molar-refractivity contribution in [1.29, 1.82) is 0 Å². The Morgan fingerprint density at radius 1 is 1.21 bits per heavy atom. The van der Waals surface area contributed by atoms with Crippen molar-refractivity contribution in [2.45, 2.75) is 18.2 Å². The van der Waals surface area contributed by atoms with Gasteiger partial charge in [0, 0.05) is 45.3 Å². The van der Waals surface area contributed by atoms with Gasteiger partial charge >= 0.3 is 0 Å². The lowest BCUT2D eigenvalue weighted by Gasteiger charge is -2.33. The summed E-state index contributed by atoms with van der Waals surface area (Å²) < 4.78 is 28.2. The van der Waals surface area contributed by atoms with Gasteiger partial charge in [0.05, 0.1) is 6.54 Å². The molecule has 3 amide bonds. The summed E-state index contributed by atoms with van der Waals surface area (Å²) in [5, 5.41) is 2.65. The molecule has 2 aliphatic rings. The highest BCUT2D eigenvalue weighted by Crippen LogP contribution is 2.37. The molecule has 1 aliphatic carbocycles. The number of aromatic nitrogens is 1. The Bertz CT molecular complexity index is 901. The van der Waals surface area contributed by atoms with Crippen LogP contribution in [-0.2, 0) is 26.7 Å². The summed E-state index contributed by atoms with van der Waals surface area (Å²) >= 11 is 0. The summed E-state index contributed by atoms with van der Waals surface area (Å²) in [6.45, 7) is 2.68. The average molecular weight is 411 g/mol. The molecule has 2 fully saturated rings. The van der Waals surface area contributed by atoms with Crippen molar-refractivity contribution in [2.75, 3.05) is 32.7 Å². The summed E-state index contributed by atoms with van der Waals surface area (Å²) in [4.78, 5) is 37.0. The highest BCUT2D eigenvalue weighted by Gasteiger charge is 2.39. The van der Waals surface area contributed by atoms with Crippen LogP contribution in [0.15, 0.2) is 17.2 Å². The van der Waals surface area contributed by atoms with Crippen LogP contribution in [0.2, 0.25) is 0 Å². The standard InChI is InChI=1S/C17H25N5O5S/c1-11-7-13(11)17(25)19-9-15(23)21-3-5-22(6-4-21)28(26,27)12-8-14(16(18)24)20(2)10-12/h8,10-11,13H,3-7,9H2,1-2H3,(H2,18,24)(H,19,25)/t11-,13-/m0/s1. The number of piperazine rings is 1. The smallest absolute Gasteiger partial charge is 0.265 e.